The second-order valence-corrected chi connectivity index (χ2v) is 8.32. The minimum Gasteiger partial charge on any atom is -0.357 e. The summed E-state index contributed by atoms with van der Waals surface area (Å²) in [6.07, 6.45) is 1.26. The number of nitrogens with zero attached hydrogens (tertiary/aromatic N) is 3. The quantitative estimate of drug-likeness (QED) is 0.380. The molecule has 1 aliphatic heterocycles. The van der Waals surface area contributed by atoms with Crippen molar-refractivity contribution in [2.45, 2.75) is 52.7 Å². The van der Waals surface area contributed by atoms with Crippen molar-refractivity contribution in [2.75, 3.05) is 39.8 Å². The van der Waals surface area contributed by atoms with Crippen LogP contribution in [-0.4, -0.2) is 61.1 Å². The Balaban J connectivity index is 0.00000364. The van der Waals surface area contributed by atoms with Gasteiger partial charge in [-0.1, -0.05) is 24.3 Å². The fourth-order valence-corrected chi connectivity index (χ4v) is 3.10. The average Bonchev–Trinajstić information content (AvgIpc) is 2.77. The van der Waals surface area contributed by atoms with Crippen molar-refractivity contribution in [1.82, 2.24) is 20.4 Å². The Morgan fingerprint density at radius 3 is 2.33 bits per heavy atom. The standard InChI is InChI=1S/C21H37N5.HI/c1-6-22-20(24-21(2,3)4)23-16-18-8-10-19(11-9-18)17-26-13-7-12-25(5)14-15-26;/h8-11H,6-7,12-17H2,1-5H3,(H2,22,23,24);1H. The number of hydrogen-bond donors (Lipinski definition) is 2. The summed E-state index contributed by atoms with van der Waals surface area (Å²) in [5, 5.41) is 6.74. The third-order valence-corrected chi connectivity index (χ3v) is 4.50. The van der Waals surface area contributed by atoms with E-state index in [0.717, 1.165) is 25.6 Å². The zero-order valence-electron chi connectivity index (χ0n) is 17.7. The molecule has 0 amide bonds. The van der Waals surface area contributed by atoms with Crippen molar-refractivity contribution in [3.05, 3.63) is 35.4 Å². The van der Waals surface area contributed by atoms with Gasteiger partial charge in [-0.3, -0.25) is 4.90 Å². The molecule has 0 spiro atoms. The fourth-order valence-electron chi connectivity index (χ4n) is 3.10. The van der Waals surface area contributed by atoms with Gasteiger partial charge in [-0.2, -0.15) is 0 Å². The lowest BCUT2D eigenvalue weighted by atomic mass is 10.1. The molecule has 0 unspecified atom stereocenters. The van der Waals surface area contributed by atoms with E-state index in [1.54, 1.807) is 0 Å². The molecule has 0 aromatic heterocycles. The summed E-state index contributed by atoms with van der Waals surface area (Å²) in [4.78, 5) is 9.70. The van der Waals surface area contributed by atoms with Gasteiger partial charge in [-0.15, -0.1) is 24.0 Å². The van der Waals surface area contributed by atoms with Crippen LogP contribution in [0.15, 0.2) is 29.3 Å². The van der Waals surface area contributed by atoms with E-state index in [2.05, 4.69) is 79.4 Å². The van der Waals surface area contributed by atoms with Gasteiger partial charge in [0.25, 0.3) is 0 Å². The summed E-state index contributed by atoms with van der Waals surface area (Å²) < 4.78 is 0. The van der Waals surface area contributed by atoms with Crippen molar-refractivity contribution < 1.29 is 0 Å². The highest BCUT2D eigenvalue weighted by atomic mass is 127. The molecule has 1 saturated heterocycles. The summed E-state index contributed by atoms with van der Waals surface area (Å²) in [7, 11) is 2.22. The molecule has 6 heteroatoms. The summed E-state index contributed by atoms with van der Waals surface area (Å²) >= 11 is 0. The topological polar surface area (TPSA) is 42.9 Å². The summed E-state index contributed by atoms with van der Waals surface area (Å²) in [6, 6.07) is 8.93. The Morgan fingerprint density at radius 1 is 1.04 bits per heavy atom. The van der Waals surface area contributed by atoms with E-state index in [1.165, 1.54) is 37.2 Å². The van der Waals surface area contributed by atoms with E-state index in [1.807, 2.05) is 0 Å². The molecule has 1 aromatic rings. The van der Waals surface area contributed by atoms with Crippen molar-refractivity contribution in [2.24, 2.45) is 4.99 Å². The highest BCUT2D eigenvalue weighted by Crippen LogP contribution is 2.11. The minimum atomic E-state index is 0. The molecule has 0 radical (unpaired) electrons. The summed E-state index contributed by atoms with van der Waals surface area (Å²) in [5.74, 6) is 0.873. The molecule has 27 heavy (non-hydrogen) atoms. The first-order valence-corrected chi connectivity index (χ1v) is 9.91. The molecular weight excluding hydrogens is 449 g/mol. The molecule has 2 N–H and O–H groups in total. The van der Waals surface area contributed by atoms with Gasteiger partial charge >= 0.3 is 0 Å². The van der Waals surface area contributed by atoms with Crippen LogP contribution in [0.2, 0.25) is 0 Å². The lowest BCUT2D eigenvalue weighted by Crippen LogP contribution is -2.47. The molecule has 1 fully saturated rings. The van der Waals surface area contributed by atoms with Crippen LogP contribution in [0.1, 0.15) is 45.2 Å². The van der Waals surface area contributed by atoms with Gasteiger partial charge in [0, 0.05) is 31.7 Å². The molecule has 0 bridgehead atoms. The Hall–Kier alpha value is -0.860. The normalized spacial score (nSPS) is 17.1. The van der Waals surface area contributed by atoms with E-state index < -0.39 is 0 Å². The first kappa shape index (κ1) is 24.2. The maximum absolute atomic E-state index is 4.71. The number of nitrogens with one attached hydrogen (secondary N) is 2. The maximum Gasteiger partial charge on any atom is 0.191 e. The first-order chi connectivity index (χ1) is 12.4. The maximum atomic E-state index is 4.71. The zero-order valence-corrected chi connectivity index (χ0v) is 20.0. The van der Waals surface area contributed by atoms with Gasteiger partial charge < -0.3 is 15.5 Å². The van der Waals surface area contributed by atoms with E-state index >= 15 is 0 Å². The molecule has 1 heterocycles. The number of guanidine groups is 1. The molecule has 0 aliphatic carbocycles. The molecular formula is C21H38IN5. The Morgan fingerprint density at radius 2 is 1.70 bits per heavy atom. The number of likely N-dealkylation sites (N-methyl/N-ethyl adjacent to an activating group) is 1. The van der Waals surface area contributed by atoms with Gasteiger partial charge in [0.1, 0.15) is 0 Å². The van der Waals surface area contributed by atoms with Crippen molar-refractivity contribution in [3.8, 4) is 0 Å². The van der Waals surface area contributed by atoms with Crippen LogP contribution in [-0.2, 0) is 13.1 Å². The van der Waals surface area contributed by atoms with E-state index in [-0.39, 0.29) is 29.5 Å². The molecule has 1 aliphatic rings. The fraction of sp³-hybridized carbons (Fsp3) is 0.667. The minimum absolute atomic E-state index is 0. The predicted molar refractivity (Wildman–Crippen MR) is 127 cm³/mol. The second-order valence-electron chi connectivity index (χ2n) is 8.32. The van der Waals surface area contributed by atoms with Crippen LogP contribution in [0.3, 0.4) is 0 Å². The van der Waals surface area contributed by atoms with Crippen LogP contribution in [0, 0.1) is 0 Å². The van der Waals surface area contributed by atoms with Crippen LogP contribution in [0.5, 0.6) is 0 Å². The van der Waals surface area contributed by atoms with Gasteiger partial charge in [0.15, 0.2) is 5.96 Å². The van der Waals surface area contributed by atoms with Gasteiger partial charge in [0.05, 0.1) is 6.54 Å². The third kappa shape index (κ3) is 9.76. The Bertz CT molecular complexity index is 565. The molecule has 0 atom stereocenters. The van der Waals surface area contributed by atoms with Crippen molar-refractivity contribution >= 4 is 29.9 Å². The zero-order chi connectivity index (χ0) is 19.0. The smallest absolute Gasteiger partial charge is 0.191 e. The van der Waals surface area contributed by atoms with Crippen molar-refractivity contribution in [3.63, 3.8) is 0 Å². The van der Waals surface area contributed by atoms with Crippen LogP contribution >= 0.6 is 24.0 Å². The predicted octanol–water partition coefficient (Wildman–Crippen LogP) is 3.30. The monoisotopic (exact) mass is 487 g/mol. The number of rotatable bonds is 5. The van der Waals surface area contributed by atoms with Crippen LogP contribution < -0.4 is 10.6 Å². The number of benzene rings is 1. The van der Waals surface area contributed by atoms with E-state index in [0.29, 0.717) is 6.54 Å². The van der Waals surface area contributed by atoms with Gasteiger partial charge in [0.2, 0.25) is 0 Å². The second kappa shape index (κ2) is 11.9. The largest absolute Gasteiger partial charge is 0.357 e. The van der Waals surface area contributed by atoms with Crippen molar-refractivity contribution in [1.29, 1.82) is 0 Å². The molecule has 0 saturated carbocycles. The molecule has 1 aromatic carbocycles. The number of hydrogen-bond acceptors (Lipinski definition) is 3. The lowest BCUT2D eigenvalue weighted by molar-refractivity contribution is 0.269. The molecule has 5 nitrogen and oxygen atoms in total. The molecule has 154 valence electrons. The summed E-state index contributed by atoms with van der Waals surface area (Å²) in [6.45, 7) is 15.9. The summed E-state index contributed by atoms with van der Waals surface area (Å²) in [5.41, 5.74) is 2.64. The van der Waals surface area contributed by atoms with E-state index in [4.69, 9.17) is 4.99 Å². The highest BCUT2D eigenvalue weighted by Gasteiger charge is 2.13. The SMILES string of the molecule is CCNC(=NCc1ccc(CN2CCCN(C)CC2)cc1)NC(C)(C)C.I. The molecule has 2 rings (SSSR count). The van der Waals surface area contributed by atoms with Crippen LogP contribution in [0.4, 0.5) is 0 Å². The third-order valence-electron chi connectivity index (χ3n) is 4.50. The van der Waals surface area contributed by atoms with Gasteiger partial charge in [-0.05, 0) is 65.4 Å². The number of halogens is 1. The van der Waals surface area contributed by atoms with Crippen LogP contribution in [0.25, 0.3) is 0 Å². The Labute approximate surface area is 183 Å². The number of aliphatic imine (C=N–C) groups is 1. The van der Waals surface area contributed by atoms with E-state index in [9.17, 15) is 0 Å². The average molecular weight is 487 g/mol. The lowest BCUT2D eigenvalue weighted by Gasteiger charge is -2.23. The first-order valence-electron chi connectivity index (χ1n) is 9.91. The highest BCUT2D eigenvalue weighted by molar-refractivity contribution is 14.0. The van der Waals surface area contributed by atoms with Gasteiger partial charge in [-0.25, -0.2) is 4.99 Å². The Kier molecular flexibility index (Phi) is 10.6.